The Kier molecular flexibility index (Phi) is 7.44. The molecule has 0 saturated heterocycles. The number of hydrogen-bond acceptors (Lipinski definition) is 4. The average molecular weight is 533 g/mol. The molecule has 2 heterocycles. The van der Waals surface area contributed by atoms with Crippen molar-refractivity contribution in [2.75, 3.05) is 7.11 Å². The Labute approximate surface area is 235 Å². The van der Waals surface area contributed by atoms with Gasteiger partial charge in [0.1, 0.15) is 5.75 Å². The van der Waals surface area contributed by atoms with Crippen LogP contribution in [0.1, 0.15) is 60.3 Å². The molecule has 0 spiro atoms. The lowest BCUT2D eigenvalue weighted by Crippen LogP contribution is -2.21. The van der Waals surface area contributed by atoms with Gasteiger partial charge in [-0.25, -0.2) is 4.98 Å². The van der Waals surface area contributed by atoms with Gasteiger partial charge in [-0.05, 0) is 92.3 Å². The van der Waals surface area contributed by atoms with Gasteiger partial charge >= 0.3 is 0 Å². The second-order valence-corrected chi connectivity index (χ2v) is 10.6. The molecule has 0 N–H and O–H groups in total. The number of ether oxygens (including phenoxy) is 1. The van der Waals surface area contributed by atoms with E-state index in [0.29, 0.717) is 16.7 Å². The standard InChI is InChI=1S/C34H36N4O2/c1-8-25-13-15-27(16-14-25)37-23(5)18-26(24(37)6)20-35-38-33(36-31-12-10-9-11-28(31)34(38)39)30-19-29(21(2)3)32(40-7)17-22(30)4/h9-21H,8H2,1-7H3. The van der Waals surface area contributed by atoms with Gasteiger partial charge in [0, 0.05) is 28.2 Å². The quantitative estimate of drug-likeness (QED) is 0.206. The molecule has 204 valence electrons. The SMILES string of the molecule is CCc1ccc(-n2c(C)cc(C=Nn3c(-c4cc(C(C)C)c(OC)cc4C)nc4ccccc4c3=O)c2C)cc1. The van der Waals surface area contributed by atoms with Crippen molar-refractivity contribution in [1.82, 2.24) is 14.2 Å². The Balaban J connectivity index is 1.68. The summed E-state index contributed by atoms with van der Waals surface area (Å²) in [5.41, 5.74) is 8.80. The molecule has 6 heteroatoms. The predicted molar refractivity (Wildman–Crippen MR) is 164 cm³/mol. The summed E-state index contributed by atoms with van der Waals surface area (Å²) in [6.07, 6.45) is 2.77. The number of rotatable bonds is 7. The van der Waals surface area contributed by atoms with Gasteiger partial charge in [-0.2, -0.15) is 9.78 Å². The van der Waals surface area contributed by atoms with Crippen molar-refractivity contribution < 1.29 is 4.74 Å². The Morgan fingerprint density at radius 2 is 1.73 bits per heavy atom. The number of para-hydroxylation sites is 1. The maximum absolute atomic E-state index is 13.8. The number of benzene rings is 3. The first kappa shape index (κ1) is 27.1. The Morgan fingerprint density at radius 1 is 1.00 bits per heavy atom. The van der Waals surface area contributed by atoms with E-state index < -0.39 is 0 Å². The average Bonchev–Trinajstić information content (AvgIpc) is 3.24. The molecule has 0 saturated carbocycles. The van der Waals surface area contributed by atoms with E-state index in [1.165, 1.54) is 10.2 Å². The van der Waals surface area contributed by atoms with E-state index >= 15 is 0 Å². The van der Waals surface area contributed by atoms with Crippen LogP contribution < -0.4 is 10.3 Å². The van der Waals surface area contributed by atoms with Crippen molar-refractivity contribution in [3.63, 3.8) is 0 Å². The number of fused-ring (bicyclic) bond motifs is 1. The van der Waals surface area contributed by atoms with Crippen LogP contribution in [0, 0.1) is 20.8 Å². The van der Waals surface area contributed by atoms with Crippen molar-refractivity contribution in [3.8, 4) is 22.8 Å². The molecular formula is C34H36N4O2. The fourth-order valence-corrected chi connectivity index (χ4v) is 5.29. The van der Waals surface area contributed by atoms with Gasteiger partial charge in [0.15, 0.2) is 5.82 Å². The van der Waals surface area contributed by atoms with E-state index in [9.17, 15) is 4.79 Å². The van der Waals surface area contributed by atoms with Crippen LogP contribution in [0.5, 0.6) is 5.75 Å². The molecule has 6 nitrogen and oxygen atoms in total. The molecule has 0 bridgehead atoms. The van der Waals surface area contributed by atoms with Crippen LogP contribution >= 0.6 is 0 Å². The molecule has 0 aliphatic carbocycles. The van der Waals surface area contributed by atoms with E-state index in [0.717, 1.165) is 51.5 Å². The minimum absolute atomic E-state index is 0.206. The van der Waals surface area contributed by atoms with E-state index in [1.54, 1.807) is 19.4 Å². The van der Waals surface area contributed by atoms with Crippen molar-refractivity contribution >= 4 is 17.1 Å². The summed E-state index contributed by atoms with van der Waals surface area (Å²) in [5, 5.41) is 5.30. The number of aromatic nitrogens is 3. The normalized spacial score (nSPS) is 11.7. The number of methoxy groups -OCH3 is 1. The summed E-state index contributed by atoms with van der Waals surface area (Å²) < 4.78 is 9.31. The van der Waals surface area contributed by atoms with Crippen LogP contribution in [-0.2, 0) is 6.42 Å². The molecule has 0 aliphatic rings. The van der Waals surface area contributed by atoms with Gasteiger partial charge in [-0.3, -0.25) is 4.79 Å². The minimum Gasteiger partial charge on any atom is -0.496 e. The Bertz CT molecular complexity index is 1790. The molecular weight excluding hydrogens is 496 g/mol. The van der Waals surface area contributed by atoms with E-state index in [1.807, 2.05) is 31.2 Å². The van der Waals surface area contributed by atoms with Crippen molar-refractivity contribution in [2.24, 2.45) is 5.10 Å². The molecule has 0 fully saturated rings. The molecule has 2 aromatic heterocycles. The van der Waals surface area contributed by atoms with Gasteiger partial charge in [0.2, 0.25) is 0 Å². The zero-order chi connectivity index (χ0) is 28.6. The maximum Gasteiger partial charge on any atom is 0.282 e. The van der Waals surface area contributed by atoms with E-state index in [2.05, 4.69) is 75.6 Å². The molecule has 0 aliphatic heterocycles. The lowest BCUT2D eigenvalue weighted by atomic mass is 9.96. The molecule has 0 amide bonds. The third-order valence-electron chi connectivity index (χ3n) is 7.58. The largest absolute Gasteiger partial charge is 0.496 e. The summed E-state index contributed by atoms with van der Waals surface area (Å²) >= 11 is 0. The molecule has 5 aromatic rings. The molecule has 0 unspecified atom stereocenters. The molecule has 3 aromatic carbocycles. The van der Waals surface area contributed by atoms with Crippen molar-refractivity contribution in [2.45, 2.75) is 53.9 Å². The number of hydrogen-bond donors (Lipinski definition) is 0. The fourth-order valence-electron chi connectivity index (χ4n) is 5.29. The summed E-state index contributed by atoms with van der Waals surface area (Å²) in [6, 6.07) is 22.2. The Hall–Kier alpha value is -4.45. The van der Waals surface area contributed by atoms with E-state index in [4.69, 9.17) is 14.8 Å². The van der Waals surface area contributed by atoms with Gasteiger partial charge < -0.3 is 9.30 Å². The fraction of sp³-hybridized carbons (Fsp3) is 0.265. The van der Waals surface area contributed by atoms with Crippen LogP contribution in [-0.4, -0.2) is 27.6 Å². The van der Waals surface area contributed by atoms with Crippen molar-refractivity contribution in [1.29, 1.82) is 0 Å². The van der Waals surface area contributed by atoms with Crippen LogP contribution in [0.4, 0.5) is 0 Å². The number of nitrogens with zero attached hydrogens (tertiary/aromatic N) is 4. The summed E-state index contributed by atoms with van der Waals surface area (Å²) in [5.74, 6) is 1.56. The predicted octanol–water partition coefficient (Wildman–Crippen LogP) is 7.36. The number of aryl methyl sites for hydroxylation is 3. The summed E-state index contributed by atoms with van der Waals surface area (Å²) in [4.78, 5) is 18.8. The van der Waals surface area contributed by atoms with E-state index in [-0.39, 0.29) is 11.5 Å². The Morgan fingerprint density at radius 3 is 2.40 bits per heavy atom. The third-order valence-corrected chi connectivity index (χ3v) is 7.58. The molecule has 40 heavy (non-hydrogen) atoms. The zero-order valence-corrected chi connectivity index (χ0v) is 24.3. The van der Waals surface area contributed by atoms with Gasteiger partial charge in [0.05, 0.1) is 24.2 Å². The first-order valence-electron chi connectivity index (χ1n) is 13.8. The van der Waals surface area contributed by atoms with Crippen LogP contribution in [0.15, 0.2) is 76.6 Å². The highest BCUT2D eigenvalue weighted by molar-refractivity contribution is 5.84. The second-order valence-electron chi connectivity index (χ2n) is 10.6. The highest BCUT2D eigenvalue weighted by Gasteiger charge is 2.19. The molecule has 5 rings (SSSR count). The van der Waals surface area contributed by atoms with Crippen LogP contribution in [0.2, 0.25) is 0 Å². The maximum atomic E-state index is 13.8. The highest BCUT2D eigenvalue weighted by atomic mass is 16.5. The van der Waals surface area contributed by atoms with Gasteiger partial charge in [-0.15, -0.1) is 0 Å². The lowest BCUT2D eigenvalue weighted by Gasteiger charge is -2.17. The zero-order valence-electron chi connectivity index (χ0n) is 24.3. The topological polar surface area (TPSA) is 61.4 Å². The van der Waals surface area contributed by atoms with Crippen LogP contribution in [0.3, 0.4) is 0 Å². The second kappa shape index (κ2) is 11.0. The third kappa shape index (κ3) is 4.86. The summed E-state index contributed by atoms with van der Waals surface area (Å²) in [6.45, 7) is 12.6. The molecule has 0 atom stereocenters. The monoisotopic (exact) mass is 532 g/mol. The highest BCUT2D eigenvalue weighted by Crippen LogP contribution is 2.34. The minimum atomic E-state index is -0.206. The van der Waals surface area contributed by atoms with Crippen molar-refractivity contribution in [3.05, 3.63) is 111 Å². The summed E-state index contributed by atoms with van der Waals surface area (Å²) in [7, 11) is 1.68. The lowest BCUT2D eigenvalue weighted by molar-refractivity contribution is 0.407. The first-order valence-corrected chi connectivity index (χ1v) is 13.8. The van der Waals surface area contributed by atoms with Crippen LogP contribution in [0.25, 0.3) is 28.0 Å². The smallest absolute Gasteiger partial charge is 0.282 e. The van der Waals surface area contributed by atoms with Gasteiger partial charge in [-0.1, -0.05) is 45.0 Å². The first-order chi connectivity index (χ1) is 19.2. The molecule has 0 radical (unpaired) electrons. The van der Waals surface area contributed by atoms with Gasteiger partial charge in [0.25, 0.3) is 5.56 Å².